The van der Waals surface area contributed by atoms with E-state index in [0.29, 0.717) is 11.3 Å². The van der Waals surface area contributed by atoms with Gasteiger partial charge in [-0.1, -0.05) is 32.0 Å². The highest BCUT2D eigenvalue weighted by Crippen LogP contribution is 2.28. The van der Waals surface area contributed by atoms with E-state index >= 15 is 0 Å². The first-order chi connectivity index (χ1) is 12.2. The lowest BCUT2D eigenvalue weighted by Gasteiger charge is -2.20. The van der Waals surface area contributed by atoms with Gasteiger partial charge < -0.3 is 9.67 Å². The lowest BCUT2D eigenvalue weighted by atomic mass is 10.1. The van der Waals surface area contributed by atoms with Gasteiger partial charge in [0.25, 0.3) is 0 Å². The molecule has 0 saturated heterocycles. The minimum absolute atomic E-state index is 0.0349. The highest BCUT2D eigenvalue weighted by Gasteiger charge is 2.19. The minimum atomic E-state index is -0.0799. The number of fused-ring (bicyclic) bond motifs is 2. The molecule has 0 saturated carbocycles. The summed E-state index contributed by atoms with van der Waals surface area (Å²) in [5, 5.41) is 10.8. The summed E-state index contributed by atoms with van der Waals surface area (Å²) in [5.41, 5.74) is 3.95. The van der Waals surface area contributed by atoms with Crippen molar-refractivity contribution in [2.75, 3.05) is 6.61 Å². The molecule has 1 aromatic carbocycles. The monoisotopic (exact) mass is 333 g/mol. The van der Waals surface area contributed by atoms with E-state index in [-0.39, 0.29) is 18.6 Å². The van der Waals surface area contributed by atoms with Gasteiger partial charge in [0.05, 0.1) is 36.4 Å². The summed E-state index contributed by atoms with van der Waals surface area (Å²) < 4.78 is 1.92. The van der Waals surface area contributed by atoms with Crippen molar-refractivity contribution in [3.63, 3.8) is 0 Å². The van der Waals surface area contributed by atoms with Crippen molar-refractivity contribution in [1.29, 1.82) is 0 Å². The van der Waals surface area contributed by atoms with Gasteiger partial charge in [-0.15, -0.1) is 0 Å². The minimum Gasteiger partial charge on any atom is -0.394 e. The molecule has 0 aliphatic rings. The number of nitrogens with zero attached hydrogens (tertiary/aromatic N) is 5. The zero-order valence-electron chi connectivity index (χ0n) is 14.2. The van der Waals surface area contributed by atoms with Gasteiger partial charge in [-0.2, -0.15) is 0 Å². The lowest BCUT2D eigenvalue weighted by molar-refractivity contribution is 0.195. The number of aliphatic hydroxyl groups excluding tert-OH is 1. The maximum absolute atomic E-state index is 9.75. The van der Waals surface area contributed by atoms with Crippen molar-refractivity contribution in [3.8, 4) is 11.3 Å². The number of rotatable bonds is 4. The van der Waals surface area contributed by atoms with Crippen molar-refractivity contribution >= 4 is 22.2 Å². The van der Waals surface area contributed by atoms with Gasteiger partial charge in [0.2, 0.25) is 0 Å². The van der Waals surface area contributed by atoms with E-state index in [4.69, 9.17) is 4.98 Å². The molecule has 6 heteroatoms. The Morgan fingerprint density at radius 3 is 2.76 bits per heavy atom. The molecule has 0 unspecified atom stereocenters. The molecule has 0 radical (unpaired) electrons. The zero-order chi connectivity index (χ0) is 17.4. The number of pyridine rings is 1. The standard InChI is InChI=1S/C19H19N5O/c1-12(2)17(10-25)24-11-22-18-19(24)23-16(9-21-18)14-5-3-7-15-13(14)6-4-8-20-15/h3-9,11-12,17,25H,10H2,1-2H3/t17-/m0/s1. The summed E-state index contributed by atoms with van der Waals surface area (Å²) in [4.78, 5) is 18.0. The Morgan fingerprint density at radius 1 is 1.08 bits per heavy atom. The molecule has 126 valence electrons. The molecule has 0 fully saturated rings. The molecule has 0 spiro atoms. The average molecular weight is 333 g/mol. The Hall–Kier alpha value is -2.86. The van der Waals surface area contributed by atoms with Crippen LogP contribution in [0.25, 0.3) is 33.5 Å². The van der Waals surface area contributed by atoms with E-state index in [1.165, 1.54) is 0 Å². The van der Waals surface area contributed by atoms with Crippen LogP contribution in [0.3, 0.4) is 0 Å². The van der Waals surface area contributed by atoms with Gasteiger partial charge in [-0.05, 0) is 18.1 Å². The summed E-state index contributed by atoms with van der Waals surface area (Å²) in [6, 6.07) is 9.85. The number of aliphatic hydroxyl groups is 1. The summed E-state index contributed by atoms with van der Waals surface area (Å²) >= 11 is 0. The topological polar surface area (TPSA) is 76.7 Å². The van der Waals surface area contributed by atoms with E-state index in [1.807, 2.05) is 34.9 Å². The zero-order valence-corrected chi connectivity index (χ0v) is 14.2. The highest BCUT2D eigenvalue weighted by molar-refractivity contribution is 5.93. The third-order valence-corrected chi connectivity index (χ3v) is 4.52. The molecule has 4 rings (SSSR count). The number of benzene rings is 1. The van der Waals surface area contributed by atoms with Crippen LogP contribution in [-0.4, -0.2) is 36.2 Å². The molecule has 1 N–H and O–H groups in total. The Kier molecular flexibility index (Phi) is 3.89. The SMILES string of the molecule is CC(C)[C@H](CO)n1cnc2ncc(-c3cccc4ncccc34)nc21. The van der Waals surface area contributed by atoms with Crippen LogP contribution in [0, 0.1) is 5.92 Å². The largest absolute Gasteiger partial charge is 0.394 e. The van der Waals surface area contributed by atoms with Crippen LogP contribution < -0.4 is 0 Å². The first-order valence-corrected chi connectivity index (χ1v) is 8.33. The van der Waals surface area contributed by atoms with Crippen LogP contribution in [0.5, 0.6) is 0 Å². The van der Waals surface area contributed by atoms with Crippen LogP contribution in [0.4, 0.5) is 0 Å². The van der Waals surface area contributed by atoms with Crippen LogP contribution in [0.1, 0.15) is 19.9 Å². The van der Waals surface area contributed by atoms with E-state index in [0.717, 1.165) is 22.2 Å². The first kappa shape index (κ1) is 15.7. The van der Waals surface area contributed by atoms with Crippen LogP contribution in [-0.2, 0) is 0 Å². The summed E-state index contributed by atoms with van der Waals surface area (Å²) in [5.74, 6) is 0.259. The average Bonchev–Trinajstić information content (AvgIpc) is 3.04. The fourth-order valence-corrected chi connectivity index (χ4v) is 3.13. The lowest BCUT2D eigenvalue weighted by Crippen LogP contribution is -2.18. The van der Waals surface area contributed by atoms with Crippen molar-refractivity contribution < 1.29 is 5.11 Å². The molecule has 1 atom stereocenters. The van der Waals surface area contributed by atoms with Crippen molar-refractivity contribution in [2.24, 2.45) is 5.92 Å². The van der Waals surface area contributed by atoms with Gasteiger partial charge >= 0.3 is 0 Å². The van der Waals surface area contributed by atoms with E-state index in [9.17, 15) is 5.11 Å². The molecule has 0 amide bonds. The van der Waals surface area contributed by atoms with Crippen molar-refractivity contribution in [3.05, 3.63) is 49.1 Å². The van der Waals surface area contributed by atoms with Gasteiger partial charge in [0.15, 0.2) is 11.3 Å². The third-order valence-electron chi connectivity index (χ3n) is 4.52. The summed E-state index contributed by atoms with van der Waals surface area (Å²) in [6.07, 6.45) is 5.23. The van der Waals surface area contributed by atoms with Crippen LogP contribution in [0.2, 0.25) is 0 Å². The number of hydrogen-bond acceptors (Lipinski definition) is 5. The molecule has 25 heavy (non-hydrogen) atoms. The Bertz CT molecular complexity index is 1040. The first-order valence-electron chi connectivity index (χ1n) is 8.33. The predicted molar refractivity (Wildman–Crippen MR) is 97.0 cm³/mol. The molecule has 3 aromatic heterocycles. The molecule has 0 bridgehead atoms. The van der Waals surface area contributed by atoms with Crippen molar-refractivity contribution in [1.82, 2.24) is 24.5 Å². The van der Waals surface area contributed by atoms with Gasteiger partial charge in [0, 0.05) is 17.1 Å². The van der Waals surface area contributed by atoms with E-state index in [1.54, 1.807) is 18.7 Å². The Balaban J connectivity index is 1.91. The number of hydrogen-bond donors (Lipinski definition) is 1. The van der Waals surface area contributed by atoms with Crippen LogP contribution in [0.15, 0.2) is 49.1 Å². The molecular weight excluding hydrogens is 314 g/mol. The number of aromatic nitrogens is 5. The maximum atomic E-state index is 9.75. The molecule has 3 heterocycles. The third kappa shape index (κ3) is 2.64. The van der Waals surface area contributed by atoms with Gasteiger partial charge in [-0.3, -0.25) is 4.98 Å². The number of imidazole rings is 1. The fourth-order valence-electron chi connectivity index (χ4n) is 3.13. The molecule has 0 aliphatic heterocycles. The van der Waals surface area contributed by atoms with Crippen LogP contribution >= 0.6 is 0 Å². The predicted octanol–water partition coefficient (Wildman–Crippen LogP) is 3.23. The molecular formula is C19H19N5O. The van der Waals surface area contributed by atoms with E-state index < -0.39 is 0 Å². The molecule has 6 nitrogen and oxygen atoms in total. The highest BCUT2D eigenvalue weighted by atomic mass is 16.3. The van der Waals surface area contributed by atoms with Crippen molar-refractivity contribution in [2.45, 2.75) is 19.9 Å². The molecule has 0 aliphatic carbocycles. The van der Waals surface area contributed by atoms with Gasteiger partial charge in [0.1, 0.15) is 0 Å². The van der Waals surface area contributed by atoms with Gasteiger partial charge in [-0.25, -0.2) is 15.0 Å². The normalized spacial score (nSPS) is 13.0. The summed E-state index contributed by atoms with van der Waals surface area (Å²) in [6.45, 7) is 4.17. The molecule has 4 aromatic rings. The van der Waals surface area contributed by atoms with E-state index in [2.05, 4.69) is 28.8 Å². The Labute approximate surface area is 145 Å². The second kappa shape index (κ2) is 6.22. The summed E-state index contributed by atoms with van der Waals surface area (Å²) in [7, 11) is 0. The Morgan fingerprint density at radius 2 is 1.96 bits per heavy atom. The fraction of sp³-hybridized carbons (Fsp3) is 0.263. The second-order valence-corrected chi connectivity index (χ2v) is 6.42. The second-order valence-electron chi connectivity index (χ2n) is 6.42. The smallest absolute Gasteiger partial charge is 0.197 e. The quantitative estimate of drug-likeness (QED) is 0.620. The maximum Gasteiger partial charge on any atom is 0.197 e.